The van der Waals surface area contributed by atoms with Crippen molar-refractivity contribution in [3.05, 3.63) is 0 Å². The molecule has 0 spiro atoms. The Morgan fingerprint density at radius 3 is 2.59 bits per heavy atom. The first kappa shape index (κ1) is 14.2. The Kier molecular flexibility index (Phi) is 3.73. The minimum absolute atomic E-state index is 0.0703. The SMILES string of the molecule is CCC(=O)OC1(C)CCOC(O)(C(F)(F)F)C1. The van der Waals surface area contributed by atoms with Crippen molar-refractivity contribution < 1.29 is 32.5 Å². The number of carbonyl (C=O) groups excluding carboxylic acids is 1. The van der Waals surface area contributed by atoms with Crippen LogP contribution in [0.3, 0.4) is 0 Å². The van der Waals surface area contributed by atoms with E-state index in [1.807, 2.05) is 0 Å². The molecule has 1 saturated heterocycles. The van der Waals surface area contributed by atoms with Gasteiger partial charge >= 0.3 is 12.1 Å². The topological polar surface area (TPSA) is 55.8 Å². The van der Waals surface area contributed by atoms with Crippen LogP contribution in [0.5, 0.6) is 0 Å². The van der Waals surface area contributed by atoms with Gasteiger partial charge in [0.2, 0.25) is 0 Å². The lowest BCUT2D eigenvalue weighted by molar-refractivity contribution is -0.391. The Hall–Kier alpha value is -0.820. The highest BCUT2D eigenvalue weighted by molar-refractivity contribution is 5.69. The molecule has 0 bridgehead atoms. The quantitative estimate of drug-likeness (QED) is 0.765. The summed E-state index contributed by atoms with van der Waals surface area (Å²) < 4.78 is 47.0. The molecular weight excluding hydrogens is 241 g/mol. The van der Waals surface area contributed by atoms with Gasteiger partial charge in [-0.25, -0.2) is 0 Å². The van der Waals surface area contributed by atoms with Crippen molar-refractivity contribution in [2.75, 3.05) is 6.61 Å². The van der Waals surface area contributed by atoms with Gasteiger partial charge in [-0.1, -0.05) is 6.92 Å². The maximum absolute atomic E-state index is 12.6. The summed E-state index contributed by atoms with van der Waals surface area (Å²) in [6.45, 7) is 2.59. The van der Waals surface area contributed by atoms with Gasteiger partial charge in [-0.2, -0.15) is 13.2 Å². The zero-order valence-electron chi connectivity index (χ0n) is 9.63. The Morgan fingerprint density at radius 1 is 1.53 bits per heavy atom. The van der Waals surface area contributed by atoms with E-state index in [0.717, 1.165) is 0 Å². The van der Waals surface area contributed by atoms with Crippen LogP contribution in [-0.4, -0.2) is 35.2 Å². The fourth-order valence-electron chi connectivity index (χ4n) is 1.70. The van der Waals surface area contributed by atoms with Gasteiger partial charge in [-0.15, -0.1) is 0 Å². The number of alkyl halides is 3. The van der Waals surface area contributed by atoms with Crippen LogP contribution in [0.4, 0.5) is 13.2 Å². The molecule has 0 aliphatic carbocycles. The van der Waals surface area contributed by atoms with Crippen molar-refractivity contribution in [3.63, 3.8) is 0 Å². The second kappa shape index (κ2) is 4.45. The lowest BCUT2D eigenvalue weighted by Gasteiger charge is -2.42. The van der Waals surface area contributed by atoms with E-state index in [1.54, 1.807) is 6.92 Å². The molecule has 100 valence electrons. The number of hydrogen-bond donors (Lipinski definition) is 1. The van der Waals surface area contributed by atoms with E-state index in [0.29, 0.717) is 0 Å². The number of aliphatic hydroxyl groups is 1. The summed E-state index contributed by atoms with van der Waals surface area (Å²) in [5.74, 6) is -3.84. The molecule has 2 atom stereocenters. The van der Waals surface area contributed by atoms with Gasteiger partial charge in [0.1, 0.15) is 5.60 Å². The van der Waals surface area contributed by atoms with Crippen molar-refractivity contribution in [1.29, 1.82) is 0 Å². The average molecular weight is 256 g/mol. The summed E-state index contributed by atoms with van der Waals surface area (Å²) in [5, 5.41) is 9.39. The summed E-state index contributed by atoms with van der Waals surface area (Å²) in [6.07, 6.45) is -5.53. The highest BCUT2D eigenvalue weighted by Gasteiger charge is 2.61. The van der Waals surface area contributed by atoms with Gasteiger partial charge in [-0.3, -0.25) is 4.79 Å². The smallest absolute Gasteiger partial charge is 0.443 e. The van der Waals surface area contributed by atoms with Crippen molar-refractivity contribution >= 4 is 5.97 Å². The molecule has 1 aliphatic rings. The van der Waals surface area contributed by atoms with Crippen molar-refractivity contribution in [3.8, 4) is 0 Å². The number of hydrogen-bond acceptors (Lipinski definition) is 4. The highest BCUT2D eigenvalue weighted by Crippen LogP contribution is 2.43. The lowest BCUT2D eigenvalue weighted by Crippen LogP contribution is -2.57. The van der Waals surface area contributed by atoms with Crippen LogP contribution >= 0.6 is 0 Å². The van der Waals surface area contributed by atoms with E-state index in [-0.39, 0.29) is 19.4 Å². The molecule has 1 heterocycles. The van der Waals surface area contributed by atoms with E-state index in [2.05, 4.69) is 4.74 Å². The first-order valence-corrected chi connectivity index (χ1v) is 5.27. The van der Waals surface area contributed by atoms with Crippen LogP contribution in [0.1, 0.15) is 33.1 Å². The van der Waals surface area contributed by atoms with Crippen LogP contribution in [0, 0.1) is 0 Å². The Labute approximate surface area is 96.7 Å². The highest BCUT2D eigenvalue weighted by atomic mass is 19.4. The van der Waals surface area contributed by atoms with Gasteiger partial charge in [-0.05, 0) is 6.92 Å². The van der Waals surface area contributed by atoms with E-state index in [9.17, 15) is 23.1 Å². The van der Waals surface area contributed by atoms with Crippen LogP contribution in [0.25, 0.3) is 0 Å². The maximum atomic E-state index is 12.6. The molecule has 4 nitrogen and oxygen atoms in total. The van der Waals surface area contributed by atoms with Crippen LogP contribution in [-0.2, 0) is 14.3 Å². The number of rotatable bonds is 2. The van der Waals surface area contributed by atoms with E-state index >= 15 is 0 Å². The number of halogens is 3. The summed E-state index contributed by atoms with van der Waals surface area (Å²) in [4.78, 5) is 11.1. The molecule has 1 fully saturated rings. The largest absolute Gasteiger partial charge is 0.459 e. The first-order valence-electron chi connectivity index (χ1n) is 5.27. The second-order valence-corrected chi connectivity index (χ2v) is 4.33. The summed E-state index contributed by atoms with van der Waals surface area (Å²) in [5.41, 5.74) is -1.35. The predicted molar refractivity (Wildman–Crippen MR) is 51.0 cm³/mol. The molecule has 1 N–H and O–H groups in total. The molecular formula is C10H15F3O4. The van der Waals surface area contributed by atoms with Crippen molar-refractivity contribution in [2.24, 2.45) is 0 Å². The first-order chi connectivity index (χ1) is 7.62. The minimum Gasteiger partial charge on any atom is -0.459 e. The third-order valence-corrected chi connectivity index (χ3v) is 2.68. The van der Waals surface area contributed by atoms with Gasteiger partial charge < -0.3 is 14.6 Å². The van der Waals surface area contributed by atoms with Gasteiger partial charge in [0, 0.05) is 12.8 Å². The number of ether oxygens (including phenoxy) is 2. The average Bonchev–Trinajstić information content (AvgIpc) is 2.14. The lowest BCUT2D eigenvalue weighted by atomic mass is 9.89. The van der Waals surface area contributed by atoms with Crippen LogP contribution in [0.2, 0.25) is 0 Å². The third-order valence-electron chi connectivity index (χ3n) is 2.68. The third kappa shape index (κ3) is 3.10. The molecule has 1 aliphatic heterocycles. The molecule has 17 heavy (non-hydrogen) atoms. The van der Waals surface area contributed by atoms with Crippen LogP contribution < -0.4 is 0 Å². The summed E-state index contributed by atoms with van der Waals surface area (Å²) in [7, 11) is 0. The minimum atomic E-state index is -4.91. The molecule has 7 heteroatoms. The summed E-state index contributed by atoms with van der Waals surface area (Å²) in [6, 6.07) is 0. The van der Waals surface area contributed by atoms with Crippen molar-refractivity contribution in [1.82, 2.24) is 0 Å². The van der Waals surface area contributed by atoms with E-state index in [1.165, 1.54) is 6.92 Å². The predicted octanol–water partition coefficient (Wildman–Crippen LogP) is 1.76. The molecule has 1 rings (SSSR count). The van der Waals surface area contributed by atoms with Crippen molar-refractivity contribution in [2.45, 2.75) is 50.7 Å². The van der Waals surface area contributed by atoms with E-state index in [4.69, 9.17) is 4.74 Å². The molecule has 0 radical (unpaired) electrons. The maximum Gasteiger partial charge on any atom is 0.443 e. The number of carbonyl (C=O) groups is 1. The zero-order valence-corrected chi connectivity index (χ0v) is 9.63. The van der Waals surface area contributed by atoms with Gasteiger partial charge in [0.05, 0.1) is 13.0 Å². The van der Waals surface area contributed by atoms with Crippen LogP contribution in [0.15, 0.2) is 0 Å². The van der Waals surface area contributed by atoms with E-state index < -0.39 is 30.0 Å². The summed E-state index contributed by atoms with van der Waals surface area (Å²) >= 11 is 0. The fourth-order valence-corrected chi connectivity index (χ4v) is 1.70. The van der Waals surface area contributed by atoms with Gasteiger partial charge in [0.15, 0.2) is 0 Å². The Bertz CT molecular complexity index is 304. The second-order valence-electron chi connectivity index (χ2n) is 4.33. The standard InChI is InChI=1S/C10H15F3O4/c1-3-7(14)17-8(2)4-5-16-9(15,6-8)10(11,12)13/h15H,3-6H2,1-2H3. The normalized spacial score (nSPS) is 34.5. The Balaban J connectivity index is 2.81. The Morgan fingerprint density at radius 2 is 2.12 bits per heavy atom. The van der Waals surface area contributed by atoms with Gasteiger partial charge in [0.25, 0.3) is 5.79 Å². The molecule has 0 aromatic heterocycles. The monoisotopic (exact) mass is 256 g/mol. The molecule has 0 saturated carbocycles. The molecule has 0 aromatic rings. The fraction of sp³-hybridized carbons (Fsp3) is 0.900. The molecule has 0 amide bonds. The molecule has 0 aromatic carbocycles. The zero-order chi connectivity index (χ0) is 13.3. The number of esters is 1. The molecule has 2 unspecified atom stereocenters.